The zero-order chi connectivity index (χ0) is 18.2. The molecular weight excluding hydrogens is 336 g/mol. The van der Waals surface area contributed by atoms with Crippen LogP contribution >= 0.6 is 0 Å². The molecule has 0 aliphatic rings. The number of ketones is 1. The highest BCUT2D eigenvalue weighted by molar-refractivity contribution is 7.90. The zero-order valence-electron chi connectivity index (χ0n) is 13.4. The first kappa shape index (κ1) is 16.7. The first-order valence-electron chi connectivity index (χ1n) is 7.42. The monoisotopic (exact) mass is 350 g/mol. The van der Waals surface area contributed by atoms with Gasteiger partial charge in [-0.3, -0.25) is 4.79 Å². The van der Waals surface area contributed by atoms with E-state index in [4.69, 9.17) is 5.26 Å². The van der Waals surface area contributed by atoms with Gasteiger partial charge in [0, 0.05) is 5.39 Å². The van der Waals surface area contributed by atoms with Crippen molar-refractivity contribution in [2.24, 2.45) is 0 Å². The summed E-state index contributed by atoms with van der Waals surface area (Å²) >= 11 is 0. The molecule has 3 aromatic rings. The van der Waals surface area contributed by atoms with Crippen LogP contribution in [0.3, 0.4) is 0 Å². The van der Waals surface area contributed by atoms with Gasteiger partial charge < -0.3 is 0 Å². The number of fused-ring (bicyclic) bond motifs is 1. The van der Waals surface area contributed by atoms with E-state index in [1.165, 1.54) is 18.2 Å². The Labute approximate surface area is 145 Å². The number of carbonyl (C=O) groups is 1. The fraction of sp³-hybridized carbons (Fsp3) is 0.0526. The van der Waals surface area contributed by atoms with Crippen molar-refractivity contribution >= 4 is 26.7 Å². The molecule has 6 heteroatoms. The van der Waals surface area contributed by atoms with Crippen LogP contribution in [0.1, 0.15) is 16.1 Å². The molecule has 25 heavy (non-hydrogen) atoms. The molecule has 124 valence electrons. The van der Waals surface area contributed by atoms with Gasteiger partial charge in [-0.15, -0.1) is 0 Å². The minimum Gasteiger partial charge on any atom is -0.286 e. The first-order chi connectivity index (χ1) is 11.9. The van der Waals surface area contributed by atoms with Gasteiger partial charge >= 0.3 is 0 Å². The van der Waals surface area contributed by atoms with Gasteiger partial charge in [-0.25, -0.2) is 12.4 Å². The molecule has 0 spiro atoms. The third kappa shape index (κ3) is 2.75. The Bertz CT molecular complexity index is 1150. The molecule has 0 amide bonds. The molecule has 0 radical (unpaired) electrons. The number of carbonyl (C=O) groups excluding carboxylic acids is 1. The molecule has 0 saturated heterocycles. The largest absolute Gasteiger partial charge is 0.286 e. The number of aryl methyl sites for hydroxylation is 1. The van der Waals surface area contributed by atoms with E-state index in [0.717, 1.165) is 9.54 Å². The quantitative estimate of drug-likeness (QED) is 0.410. The minimum atomic E-state index is -4.01. The highest BCUT2D eigenvalue weighted by atomic mass is 32.2. The van der Waals surface area contributed by atoms with Crippen LogP contribution in [0.2, 0.25) is 0 Å². The zero-order valence-corrected chi connectivity index (χ0v) is 14.2. The maximum absolute atomic E-state index is 13.2. The lowest BCUT2D eigenvalue weighted by Crippen LogP contribution is -2.19. The lowest BCUT2D eigenvalue weighted by Gasteiger charge is -2.11. The van der Waals surface area contributed by atoms with Gasteiger partial charge in [-0.05, 0) is 31.2 Å². The Morgan fingerprint density at radius 3 is 2.40 bits per heavy atom. The number of allylic oxidation sites excluding steroid dienone is 1. The van der Waals surface area contributed by atoms with Gasteiger partial charge in [0.15, 0.2) is 0 Å². The van der Waals surface area contributed by atoms with Gasteiger partial charge in [0.2, 0.25) is 5.78 Å². The standard InChI is InChI=1S/C19H14N2O3S/c1-13-7-9-16(10-8-13)25(23,24)21-17-6-4-3-5-15(17)11-18(21)19(22)14(2)12-20/h3-11H,2H2,1H3. The number of nitrogens with zero attached hydrogens (tertiary/aromatic N) is 2. The van der Waals surface area contributed by atoms with E-state index in [1.54, 1.807) is 42.5 Å². The number of nitriles is 1. The van der Waals surface area contributed by atoms with E-state index < -0.39 is 15.8 Å². The number of para-hydroxylation sites is 1. The lowest BCUT2D eigenvalue weighted by atomic mass is 10.1. The maximum Gasteiger partial charge on any atom is 0.268 e. The Balaban J connectivity index is 2.34. The van der Waals surface area contributed by atoms with E-state index in [9.17, 15) is 13.2 Å². The summed E-state index contributed by atoms with van der Waals surface area (Å²) in [4.78, 5) is 12.6. The van der Waals surface area contributed by atoms with E-state index in [2.05, 4.69) is 6.58 Å². The van der Waals surface area contributed by atoms with Gasteiger partial charge in [0.1, 0.15) is 11.8 Å². The molecule has 0 atom stereocenters. The van der Waals surface area contributed by atoms with Crippen LogP contribution in [-0.4, -0.2) is 18.2 Å². The summed E-state index contributed by atoms with van der Waals surface area (Å²) in [5.41, 5.74) is 0.874. The highest BCUT2D eigenvalue weighted by Crippen LogP contribution is 2.27. The predicted octanol–water partition coefficient (Wildman–Crippen LogP) is 3.45. The third-order valence-electron chi connectivity index (χ3n) is 3.87. The predicted molar refractivity (Wildman–Crippen MR) is 94.8 cm³/mol. The number of aromatic nitrogens is 1. The fourth-order valence-electron chi connectivity index (χ4n) is 2.57. The van der Waals surface area contributed by atoms with Gasteiger partial charge in [-0.1, -0.05) is 42.5 Å². The molecule has 0 bridgehead atoms. The van der Waals surface area contributed by atoms with Crippen molar-refractivity contribution in [3.63, 3.8) is 0 Å². The van der Waals surface area contributed by atoms with Crippen molar-refractivity contribution < 1.29 is 13.2 Å². The number of Topliss-reactive ketones (excluding diaryl/α,β-unsaturated/α-hetero) is 1. The van der Waals surface area contributed by atoms with Gasteiger partial charge in [0.05, 0.1) is 16.0 Å². The Morgan fingerprint density at radius 1 is 1.12 bits per heavy atom. The lowest BCUT2D eigenvalue weighted by molar-refractivity contribution is 0.103. The third-order valence-corrected chi connectivity index (χ3v) is 5.61. The second kappa shape index (κ2) is 6.04. The van der Waals surface area contributed by atoms with E-state index in [-0.39, 0.29) is 16.2 Å². The molecule has 1 aromatic heterocycles. The summed E-state index contributed by atoms with van der Waals surface area (Å²) in [5, 5.41) is 9.54. The molecule has 0 fully saturated rings. The molecule has 1 heterocycles. The minimum absolute atomic E-state index is 0.0658. The molecule has 0 N–H and O–H groups in total. The van der Waals surface area contributed by atoms with Crippen LogP contribution in [0, 0.1) is 18.3 Å². The van der Waals surface area contributed by atoms with Crippen LogP contribution in [0.4, 0.5) is 0 Å². The van der Waals surface area contributed by atoms with Crippen LogP contribution in [0.15, 0.2) is 71.6 Å². The number of hydrogen-bond donors (Lipinski definition) is 0. The Hall–Kier alpha value is -3.17. The summed E-state index contributed by atoms with van der Waals surface area (Å²) in [5.74, 6) is -0.714. The molecule has 0 aliphatic heterocycles. The highest BCUT2D eigenvalue weighted by Gasteiger charge is 2.27. The van der Waals surface area contributed by atoms with Gasteiger partial charge in [-0.2, -0.15) is 5.26 Å². The van der Waals surface area contributed by atoms with Crippen molar-refractivity contribution in [3.8, 4) is 6.07 Å². The molecule has 5 nitrogen and oxygen atoms in total. The van der Waals surface area contributed by atoms with Crippen molar-refractivity contribution in [2.45, 2.75) is 11.8 Å². The van der Waals surface area contributed by atoms with Crippen LogP contribution in [0.5, 0.6) is 0 Å². The maximum atomic E-state index is 13.2. The summed E-state index contributed by atoms with van der Waals surface area (Å²) in [6, 6.07) is 16.3. The van der Waals surface area contributed by atoms with Crippen LogP contribution < -0.4 is 0 Å². The Kier molecular flexibility index (Phi) is 4.03. The number of rotatable bonds is 4. The summed E-state index contributed by atoms with van der Waals surface area (Å²) < 4.78 is 27.3. The second-order valence-electron chi connectivity index (χ2n) is 5.59. The smallest absolute Gasteiger partial charge is 0.268 e. The van der Waals surface area contributed by atoms with Crippen LogP contribution in [0.25, 0.3) is 10.9 Å². The first-order valence-corrected chi connectivity index (χ1v) is 8.86. The average Bonchev–Trinajstić information content (AvgIpc) is 3.01. The SMILES string of the molecule is C=C(C#N)C(=O)c1cc2ccccc2n1S(=O)(=O)c1ccc(C)cc1. The van der Waals surface area contributed by atoms with E-state index in [0.29, 0.717) is 10.9 Å². The van der Waals surface area contributed by atoms with E-state index >= 15 is 0 Å². The molecule has 0 saturated carbocycles. The molecule has 3 rings (SSSR count). The van der Waals surface area contributed by atoms with Crippen molar-refractivity contribution in [2.75, 3.05) is 0 Å². The number of benzene rings is 2. The molecule has 2 aromatic carbocycles. The summed E-state index contributed by atoms with van der Waals surface area (Å²) in [7, 11) is -4.01. The van der Waals surface area contributed by atoms with Crippen molar-refractivity contribution in [1.29, 1.82) is 5.26 Å². The summed E-state index contributed by atoms with van der Waals surface area (Å²) in [6.45, 7) is 5.26. The number of hydrogen-bond acceptors (Lipinski definition) is 4. The van der Waals surface area contributed by atoms with E-state index in [1.807, 2.05) is 6.92 Å². The average molecular weight is 350 g/mol. The molecule has 0 unspecified atom stereocenters. The topological polar surface area (TPSA) is 79.9 Å². The molecular formula is C19H14N2O3S. The molecule has 0 aliphatic carbocycles. The van der Waals surface area contributed by atoms with Crippen molar-refractivity contribution in [3.05, 3.63) is 78.0 Å². The normalized spacial score (nSPS) is 11.2. The summed E-state index contributed by atoms with van der Waals surface area (Å²) in [6.07, 6.45) is 0. The van der Waals surface area contributed by atoms with Crippen LogP contribution in [-0.2, 0) is 10.0 Å². The second-order valence-corrected chi connectivity index (χ2v) is 7.38. The van der Waals surface area contributed by atoms with Crippen molar-refractivity contribution in [1.82, 2.24) is 3.97 Å². The van der Waals surface area contributed by atoms with Gasteiger partial charge in [0.25, 0.3) is 10.0 Å². The Morgan fingerprint density at radius 2 is 1.76 bits per heavy atom. The fourth-order valence-corrected chi connectivity index (χ4v) is 4.08.